The first-order valence-electron chi connectivity index (χ1n) is 6.44. The second-order valence-corrected chi connectivity index (χ2v) is 7.40. The highest BCUT2D eigenvalue weighted by molar-refractivity contribution is 7.16. The van der Waals surface area contributed by atoms with Gasteiger partial charge in [-0.2, -0.15) is 0 Å². The summed E-state index contributed by atoms with van der Waals surface area (Å²) < 4.78 is 18.1. The van der Waals surface area contributed by atoms with Gasteiger partial charge in [0.2, 0.25) is 0 Å². The molecule has 0 aromatic rings. The summed E-state index contributed by atoms with van der Waals surface area (Å²) in [6, 6.07) is 0. The summed E-state index contributed by atoms with van der Waals surface area (Å²) in [6.07, 6.45) is 0. The molecule has 2 saturated heterocycles. The van der Waals surface area contributed by atoms with Crippen molar-refractivity contribution in [3.8, 4) is 0 Å². The SMILES string of the molecule is CC1(C)OB(B2OC(C)(C)C2(C)C)OC1(C)C. The molecule has 2 rings (SSSR count). The van der Waals surface area contributed by atoms with Crippen molar-refractivity contribution < 1.29 is 14.0 Å². The van der Waals surface area contributed by atoms with E-state index in [9.17, 15) is 0 Å². The first-order valence-corrected chi connectivity index (χ1v) is 6.44. The van der Waals surface area contributed by atoms with Gasteiger partial charge in [0.25, 0.3) is 0 Å². The third kappa shape index (κ3) is 1.70. The molecule has 0 unspecified atom stereocenters. The fourth-order valence-corrected chi connectivity index (χ4v) is 2.31. The molecule has 0 radical (unpaired) electrons. The van der Waals surface area contributed by atoms with Gasteiger partial charge < -0.3 is 14.0 Å². The first kappa shape index (κ1) is 13.4. The Morgan fingerprint density at radius 2 is 1.00 bits per heavy atom. The van der Waals surface area contributed by atoms with E-state index >= 15 is 0 Å². The van der Waals surface area contributed by atoms with E-state index in [1.165, 1.54) is 0 Å². The van der Waals surface area contributed by atoms with Gasteiger partial charge in [0.05, 0.1) is 11.2 Å². The summed E-state index contributed by atoms with van der Waals surface area (Å²) in [5.74, 6) is 0. The minimum absolute atomic E-state index is 0.0125. The van der Waals surface area contributed by atoms with E-state index < -0.39 is 0 Å². The minimum Gasteiger partial charge on any atom is -0.431 e. The van der Waals surface area contributed by atoms with Crippen LogP contribution < -0.4 is 0 Å². The summed E-state index contributed by atoms with van der Waals surface area (Å²) in [4.78, 5) is 0. The Labute approximate surface area is 106 Å². The van der Waals surface area contributed by atoms with Crippen LogP contribution in [0, 0.1) is 0 Å². The van der Waals surface area contributed by atoms with Crippen LogP contribution in [0.25, 0.3) is 0 Å². The first-order chi connectivity index (χ1) is 7.41. The van der Waals surface area contributed by atoms with E-state index in [0.717, 1.165) is 0 Å². The molecule has 0 spiro atoms. The molecule has 0 aromatic heterocycles. The quantitative estimate of drug-likeness (QED) is 0.657. The maximum Gasteiger partial charge on any atom is 0.447 e. The molecule has 0 bridgehead atoms. The lowest BCUT2D eigenvalue weighted by Crippen LogP contribution is -2.68. The highest BCUT2D eigenvalue weighted by Gasteiger charge is 2.69. The van der Waals surface area contributed by atoms with Gasteiger partial charge in [0.15, 0.2) is 0 Å². The van der Waals surface area contributed by atoms with E-state index in [2.05, 4.69) is 55.4 Å². The second kappa shape index (κ2) is 3.31. The van der Waals surface area contributed by atoms with Crippen molar-refractivity contribution >= 4 is 13.8 Å². The van der Waals surface area contributed by atoms with Gasteiger partial charge in [0.1, 0.15) is 0 Å². The molecule has 96 valence electrons. The molecule has 2 aliphatic heterocycles. The van der Waals surface area contributed by atoms with Crippen molar-refractivity contribution in [3.63, 3.8) is 0 Å². The van der Waals surface area contributed by atoms with Crippen LogP contribution in [0.2, 0.25) is 5.31 Å². The maximum absolute atomic E-state index is 6.05. The highest BCUT2D eigenvalue weighted by Crippen LogP contribution is 2.56. The van der Waals surface area contributed by atoms with Crippen LogP contribution in [0.5, 0.6) is 0 Å². The van der Waals surface area contributed by atoms with Crippen molar-refractivity contribution in [2.24, 2.45) is 0 Å². The fraction of sp³-hybridized carbons (Fsp3) is 1.00. The predicted octanol–water partition coefficient (Wildman–Crippen LogP) is 2.74. The summed E-state index contributed by atoms with van der Waals surface area (Å²) in [6.45, 7) is 17.0. The number of rotatable bonds is 1. The van der Waals surface area contributed by atoms with E-state index in [-0.39, 0.29) is 35.9 Å². The lowest BCUT2D eigenvalue weighted by atomic mass is 9.18. The predicted molar refractivity (Wildman–Crippen MR) is 71.0 cm³/mol. The molecular weight excluding hydrogens is 214 g/mol. The van der Waals surface area contributed by atoms with E-state index in [1.807, 2.05) is 0 Å². The van der Waals surface area contributed by atoms with Gasteiger partial charge in [-0.25, -0.2) is 0 Å². The largest absolute Gasteiger partial charge is 0.447 e. The molecule has 0 amide bonds. The molecule has 17 heavy (non-hydrogen) atoms. The Balaban J connectivity index is 2.14. The van der Waals surface area contributed by atoms with Crippen LogP contribution in [0.3, 0.4) is 0 Å². The van der Waals surface area contributed by atoms with E-state index in [4.69, 9.17) is 14.0 Å². The van der Waals surface area contributed by atoms with Crippen LogP contribution in [0.15, 0.2) is 0 Å². The average molecular weight is 238 g/mol. The molecule has 0 atom stereocenters. The zero-order valence-corrected chi connectivity index (χ0v) is 12.4. The number of hydrogen-bond acceptors (Lipinski definition) is 3. The van der Waals surface area contributed by atoms with E-state index in [1.54, 1.807) is 0 Å². The lowest BCUT2D eigenvalue weighted by molar-refractivity contribution is -0.0110. The topological polar surface area (TPSA) is 27.7 Å². The zero-order valence-electron chi connectivity index (χ0n) is 12.4. The zero-order chi connectivity index (χ0) is 13.3. The molecule has 0 N–H and O–H groups in total. The van der Waals surface area contributed by atoms with Gasteiger partial charge in [0, 0.05) is 5.60 Å². The third-order valence-electron chi connectivity index (χ3n) is 5.20. The third-order valence-corrected chi connectivity index (χ3v) is 5.20. The van der Waals surface area contributed by atoms with Gasteiger partial charge in [-0.05, 0) is 46.9 Å². The molecule has 3 nitrogen and oxygen atoms in total. The van der Waals surface area contributed by atoms with Crippen LogP contribution in [-0.2, 0) is 14.0 Å². The summed E-state index contributed by atoms with van der Waals surface area (Å²) >= 11 is 0. The van der Waals surface area contributed by atoms with Gasteiger partial charge in [-0.3, -0.25) is 0 Å². The minimum atomic E-state index is -0.281. The molecule has 2 fully saturated rings. The summed E-state index contributed by atoms with van der Waals surface area (Å²) in [5.41, 5.74) is -0.672. The van der Waals surface area contributed by atoms with Crippen molar-refractivity contribution in [2.45, 2.75) is 77.5 Å². The van der Waals surface area contributed by atoms with Gasteiger partial charge in [-0.15, -0.1) is 0 Å². The number of hydrogen-bond donors (Lipinski definition) is 0. The molecule has 2 heterocycles. The lowest BCUT2D eigenvalue weighted by Gasteiger charge is -2.57. The average Bonchev–Trinajstić information content (AvgIpc) is 2.32. The van der Waals surface area contributed by atoms with Gasteiger partial charge in [-0.1, -0.05) is 13.8 Å². The monoisotopic (exact) mass is 238 g/mol. The van der Waals surface area contributed by atoms with Crippen molar-refractivity contribution in [3.05, 3.63) is 0 Å². The van der Waals surface area contributed by atoms with Crippen LogP contribution in [0.1, 0.15) is 55.4 Å². The molecule has 5 heteroatoms. The van der Waals surface area contributed by atoms with Gasteiger partial charge >= 0.3 is 13.8 Å². The van der Waals surface area contributed by atoms with Crippen LogP contribution >= 0.6 is 0 Å². The van der Waals surface area contributed by atoms with Crippen molar-refractivity contribution in [2.75, 3.05) is 0 Å². The van der Waals surface area contributed by atoms with E-state index in [0.29, 0.717) is 0 Å². The van der Waals surface area contributed by atoms with Crippen LogP contribution in [-0.4, -0.2) is 30.6 Å². The molecule has 0 aromatic carbocycles. The fourth-order valence-electron chi connectivity index (χ4n) is 2.31. The molecule has 0 aliphatic carbocycles. The summed E-state index contributed by atoms with van der Waals surface area (Å²) in [7, 11) is -0.261. The van der Waals surface area contributed by atoms with Crippen molar-refractivity contribution in [1.82, 2.24) is 0 Å². The Hall–Kier alpha value is 0.00987. The Morgan fingerprint density at radius 1 is 0.588 bits per heavy atom. The van der Waals surface area contributed by atoms with Crippen LogP contribution in [0.4, 0.5) is 0 Å². The second-order valence-electron chi connectivity index (χ2n) is 7.40. The molecule has 0 saturated carbocycles. The molecule has 2 aliphatic rings. The summed E-state index contributed by atoms with van der Waals surface area (Å²) in [5, 5.41) is 0.0637. The standard InChI is InChI=1S/C12H24B2O3/c1-9(2)10(3,4)15-13(9)14-16-11(5,6)12(7,8)17-14/h1-8H3. The normalized spacial score (nSPS) is 32.5. The Kier molecular flexibility index (Phi) is 2.62. The van der Waals surface area contributed by atoms with Crippen molar-refractivity contribution in [1.29, 1.82) is 0 Å². The Bertz CT molecular complexity index is 321. The Morgan fingerprint density at radius 3 is 1.29 bits per heavy atom. The highest BCUT2D eigenvalue weighted by atomic mass is 16.7. The smallest absolute Gasteiger partial charge is 0.431 e. The maximum atomic E-state index is 6.05. The molecular formula is C12H24B2O3.